The van der Waals surface area contributed by atoms with Gasteiger partial charge in [-0.2, -0.15) is 0 Å². The molecule has 0 fully saturated rings. The van der Waals surface area contributed by atoms with Gasteiger partial charge in [-0.05, 0) is 37.5 Å². The standard InChI is InChI=1S/C14H17FO4/c1-3-14(12(16)17,13(18)19-4-2)9-10-6-5-7-11(15)8-10/h5-8H,3-4,9H2,1-2H3,(H,16,17). The van der Waals surface area contributed by atoms with Gasteiger partial charge >= 0.3 is 11.9 Å². The minimum atomic E-state index is -1.66. The molecule has 1 aromatic rings. The molecule has 0 amide bonds. The third-order valence-electron chi connectivity index (χ3n) is 3.07. The molecule has 0 radical (unpaired) electrons. The second-order valence-electron chi connectivity index (χ2n) is 4.27. The molecule has 0 aromatic heterocycles. The van der Waals surface area contributed by atoms with E-state index >= 15 is 0 Å². The van der Waals surface area contributed by atoms with E-state index in [1.807, 2.05) is 0 Å². The molecule has 0 aliphatic rings. The summed E-state index contributed by atoms with van der Waals surface area (Å²) in [6.07, 6.45) is -0.00684. The first-order chi connectivity index (χ1) is 8.96. The minimum Gasteiger partial charge on any atom is -0.480 e. The van der Waals surface area contributed by atoms with Crippen molar-refractivity contribution < 1.29 is 23.8 Å². The van der Waals surface area contributed by atoms with Crippen molar-refractivity contribution >= 4 is 11.9 Å². The Morgan fingerprint density at radius 2 is 2.05 bits per heavy atom. The molecule has 0 saturated heterocycles. The van der Waals surface area contributed by atoms with E-state index in [-0.39, 0.29) is 19.4 Å². The van der Waals surface area contributed by atoms with Crippen LogP contribution in [0.2, 0.25) is 0 Å². The van der Waals surface area contributed by atoms with Crippen molar-refractivity contribution in [3.63, 3.8) is 0 Å². The van der Waals surface area contributed by atoms with Crippen LogP contribution in [0.5, 0.6) is 0 Å². The fraction of sp³-hybridized carbons (Fsp3) is 0.429. The van der Waals surface area contributed by atoms with Crippen molar-refractivity contribution in [3.05, 3.63) is 35.6 Å². The Balaban J connectivity index is 3.10. The molecule has 1 atom stereocenters. The Kier molecular flexibility index (Phi) is 5.03. The van der Waals surface area contributed by atoms with Crippen molar-refractivity contribution in [1.29, 1.82) is 0 Å². The number of ether oxygens (including phenoxy) is 1. The zero-order chi connectivity index (χ0) is 14.5. The lowest BCUT2D eigenvalue weighted by atomic mass is 9.79. The van der Waals surface area contributed by atoms with E-state index in [1.165, 1.54) is 18.2 Å². The number of carboxylic acids is 1. The molecule has 0 spiro atoms. The monoisotopic (exact) mass is 268 g/mol. The summed E-state index contributed by atoms with van der Waals surface area (Å²) in [6.45, 7) is 3.32. The average molecular weight is 268 g/mol. The Labute approximate surface area is 111 Å². The summed E-state index contributed by atoms with van der Waals surface area (Å²) in [7, 11) is 0. The molecule has 104 valence electrons. The highest BCUT2D eigenvalue weighted by Gasteiger charge is 2.46. The molecular formula is C14H17FO4. The molecule has 0 aliphatic carbocycles. The van der Waals surface area contributed by atoms with Crippen molar-refractivity contribution in [3.8, 4) is 0 Å². The summed E-state index contributed by atoms with van der Waals surface area (Å²) in [4.78, 5) is 23.4. The van der Waals surface area contributed by atoms with Gasteiger partial charge in [-0.1, -0.05) is 19.1 Å². The molecule has 1 aromatic carbocycles. The summed E-state index contributed by atoms with van der Waals surface area (Å²) in [5.41, 5.74) is -1.21. The molecule has 0 saturated carbocycles. The fourth-order valence-electron chi connectivity index (χ4n) is 1.92. The zero-order valence-corrected chi connectivity index (χ0v) is 11.0. The number of hydrogen-bond acceptors (Lipinski definition) is 3. The van der Waals surface area contributed by atoms with Crippen LogP contribution >= 0.6 is 0 Å². The van der Waals surface area contributed by atoms with Crippen molar-refractivity contribution in [1.82, 2.24) is 0 Å². The number of esters is 1. The molecule has 0 aliphatic heterocycles. The van der Waals surface area contributed by atoms with E-state index in [1.54, 1.807) is 19.9 Å². The van der Waals surface area contributed by atoms with Crippen molar-refractivity contribution in [2.75, 3.05) is 6.61 Å². The number of benzene rings is 1. The van der Waals surface area contributed by atoms with Crippen molar-refractivity contribution in [2.45, 2.75) is 26.7 Å². The quantitative estimate of drug-likeness (QED) is 0.635. The third-order valence-corrected chi connectivity index (χ3v) is 3.07. The van der Waals surface area contributed by atoms with Crippen LogP contribution in [0.1, 0.15) is 25.8 Å². The maximum absolute atomic E-state index is 13.1. The summed E-state index contributed by atoms with van der Waals surface area (Å²) >= 11 is 0. The Morgan fingerprint density at radius 3 is 2.53 bits per heavy atom. The summed E-state index contributed by atoms with van der Waals surface area (Å²) in [5, 5.41) is 9.36. The summed E-state index contributed by atoms with van der Waals surface area (Å²) < 4.78 is 18.0. The number of rotatable bonds is 6. The highest BCUT2D eigenvalue weighted by atomic mass is 19.1. The van der Waals surface area contributed by atoms with E-state index in [2.05, 4.69) is 0 Å². The lowest BCUT2D eigenvalue weighted by Crippen LogP contribution is -2.42. The van der Waals surface area contributed by atoms with E-state index in [0.717, 1.165) is 0 Å². The first-order valence-corrected chi connectivity index (χ1v) is 6.11. The Hall–Kier alpha value is -1.91. The SMILES string of the molecule is CCOC(=O)C(CC)(Cc1cccc(F)c1)C(=O)O. The smallest absolute Gasteiger partial charge is 0.323 e. The van der Waals surface area contributed by atoms with Crippen LogP contribution < -0.4 is 0 Å². The van der Waals surface area contributed by atoms with Gasteiger partial charge in [-0.3, -0.25) is 9.59 Å². The number of hydrogen-bond donors (Lipinski definition) is 1. The average Bonchev–Trinajstić information content (AvgIpc) is 2.36. The molecule has 1 N–H and O–H groups in total. The second-order valence-corrected chi connectivity index (χ2v) is 4.27. The number of carboxylic acid groups (broad SMARTS) is 1. The summed E-state index contributed by atoms with van der Waals surface area (Å²) in [6, 6.07) is 5.57. The van der Waals surface area contributed by atoms with Crippen LogP contribution in [-0.2, 0) is 20.7 Å². The maximum Gasteiger partial charge on any atom is 0.323 e. The predicted octanol–water partition coefficient (Wildman–Crippen LogP) is 2.41. The Morgan fingerprint density at radius 1 is 1.37 bits per heavy atom. The minimum absolute atomic E-state index is 0.0810. The third kappa shape index (κ3) is 3.30. The van der Waals surface area contributed by atoms with Gasteiger partial charge in [-0.15, -0.1) is 0 Å². The lowest BCUT2D eigenvalue weighted by molar-refractivity contribution is -0.168. The van der Waals surface area contributed by atoms with Crippen LogP contribution in [0.4, 0.5) is 4.39 Å². The number of halogens is 1. The maximum atomic E-state index is 13.1. The van der Waals surface area contributed by atoms with E-state index in [0.29, 0.717) is 5.56 Å². The zero-order valence-electron chi connectivity index (χ0n) is 11.0. The molecule has 5 heteroatoms. The molecule has 0 bridgehead atoms. The van der Waals surface area contributed by atoms with Crippen molar-refractivity contribution in [2.24, 2.45) is 5.41 Å². The van der Waals surface area contributed by atoms with Gasteiger partial charge in [0.15, 0.2) is 5.41 Å². The largest absolute Gasteiger partial charge is 0.480 e. The molecule has 19 heavy (non-hydrogen) atoms. The molecular weight excluding hydrogens is 251 g/mol. The second kappa shape index (κ2) is 6.31. The van der Waals surface area contributed by atoms with Crippen LogP contribution in [0.3, 0.4) is 0 Å². The lowest BCUT2D eigenvalue weighted by Gasteiger charge is -2.25. The number of carbonyl (C=O) groups excluding carboxylic acids is 1. The van der Waals surface area contributed by atoms with E-state index in [4.69, 9.17) is 4.74 Å². The highest BCUT2D eigenvalue weighted by molar-refractivity contribution is 5.99. The van der Waals surface area contributed by atoms with Crippen LogP contribution in [0, 0.1) is 11.2 Å². The van der Waals surface area contributed by atoms with Gasteiger partial charge in [-0.25, -0.2) is 4.39 Å². The molecule has 4 nitrogen and oxygen atoms in total. The normalized spacial score (nSPS) is 13.6. The van der Waals surface area contributed by atoms with E-state index < -0.39 is 23.2 Å². The van der Waals surface area contributed by atoms with Crippen LogP contribution in [0.15, 0.2) is 24.3 Å². The first-order valence-electron chi connectivity index (χ1n) is 6.11. The summed E-state index contributed by atoms with van der Waals surface area (Å²) in [5.74, 6) is -2.50. The van der Waals surface area contributed by atoms with Gasteiger partial charge in [0.2, 0.25) is 0 Å². The van der Waals surface area contributed by atoms with Gasteiger partial charge in [0.05, 0.1) is 6.61 Å². The molecule has 1 rings (SSSR count). The number of aliphatic carboxylic acids is 1. The number of carbonyl (C=O) groups is 2. The molecule has 1 unspecified atom stereocenters. The van der Waals surface area contributed by atoms with Crippen LogP contribution in [0.25, 0.3) is 0 Å². The molecule has 0 heterocycles. The van der Waals surface area contributed by atoms with E-state index in [9.17, 15) is 19.1 Å². The van der Waals surface area contributed by atoms with Gasteiger partial charge in [0, 0.05) is 0 Å². The fourth-order valence-corrected chi connectivity index (χ4v) is 1.92. The van der Waals surface area contributed by atoms with Gasteiger partial charge in [0.1, 0.15) is 5.82 Å². The van der Waals surface area contributed by atoms with Crippen LogP contribution in [-0.4, -0.2) is 23.7 Å². The topological polar surface area (TPSA) is 63.6 Å². The Bertz CT molecular complexity index is 472. The predicted molar refractivity (Wildman–Crippen MR) is 67.1 cm³/mol. The first kappa shape index (κ1) is 15.1. The highest BCUT2D eigenvalue weighted by Crippen LogP contribution is 2.29. The van der Waals surface area contributed by atoms with Gasteiger partial charge < -0.3 is 9.84 Å². The van der Waals surface area contributed by atoms with Gasteiger partial charge in [0.25, 0.3) is 0 Å².